The van der Waals surface area contributed by atoms with Gasteiger partial charge in [0.05, 0.1) is 34.7 Å². The van der Waals surface area contributed by atoms with Gasteiger partial charge in [0.25, 0.3) is 0 Å². The molecule has 0 spiro atoms. The van der Waals surface area contributed by atoms with Crippen LogP contribution in [-0.4, -0.2) is 20.6 Å². The summed E-state index contributed by atoms with van der Waals surface area (Å²) in [5, 5.41) is 23.0. The second-order valence-corrected chi connectivity index (χ2v) is 8.57. The monoisotopic (exact) mass is 390 g/mol. The minimum atomic E-state index is -1.30. The number of nitriles is 1. The van der Waals surface area contributed by atoms with Crippen molar-refractivity contribution in [2.75, 3.05) is 5.32 Å². The maximum Gasteiger partial charge on any atom is 0.229 e. The molecule has 0 radical (unpaired) electrons. The van der Waals surface area contributed by atoms with E-state index in [4.69, 9.17) is 0 Å². The third kappa shape index (κ3) is 4.15. The average molecular weight is 390 g/mol. The van der Waals surface area contributed by atoms with Gasteiger partial charge in [-0.1, -0.05) is 30.3 Å². The Balaban J connectivity index is 1.97. The summed E-state index contributed by atoms with van der Waals surface area (Å²) >= 11 is 0. The largest absolute Gasteiger partial charge is 0.385 e. The summed E-state index contributed by atoms with van der Waals surface area (Å²) < 4.78 is 1.91. The van der Waals surface area contributed by atoms with Gasteiger partial charge in [-0.3, -0.25) is 10.1 Å². The molecule has 2 N–H and O–H groups in total. The summed E-state index contributed by atoms with van der Waals surface area (Å²) in [4.78, 5) is 17.4. The van der Waals surface area contributed by atoms with Crippen molar-refractivity contribution in [1.29, 1.82) is 5.26 Å². The lowest BCUT2D eigenvalue weighted by Crippen LogP contribution is -2.31. The van der Waals surface area contributed by atoms with Gasteiger partial charge in [-0.25, -0.2) is 4.98 Å². The van der Waals surface area contributed by atoms with Crippen molar-refractivity contribution in [3.8, 4) is 6.07 Å². The van der Waals surface area contributed by atoms with Gasteiger partial charge in [0, 0.05) is 5.54 Å². The smallest absolute Gasteiger partial charge is 0.229 e. The van der Waals surface area contributed by atoms with E-state index >= 15 is 0 Å². The molecule has 0 unspecified atom stereocenters. The number of amides is 1. The van der Waals surface area contributed by atoms with Gasteiger partial charge in [0.1, 0.15) is 0 Å². The molecule has 0 bridgehead atoms. The molecule has 150 valence electrons. The number of hydrogen-bond donors (Lipinski definition) is 2. The highest BCUT2D eigenvalue weighted by molar-refractivity contribution is 5.92. The minimum absolute atomic E-state index is 0.104. The van der Waals surface area contributed by atoms with Gasteiger partial charge in [-0.2, -0.15) is 5.26 Å². The van der Waals surface area contributed by atoms with Crippen molar-refractivity contribution in [2.45, 2.75) is 52.2 Å². The molecule has 1 amide bonds. The Morgan fingerprint density at radius 2 is 1.86 bits per heavy atom. The number of nitrogens with zero attached hydrogens (tertiary/aromatic N) is 3. The molecule has 0 saturated heterocycles. The Bertz CT molecular complexity index is 1100. The third-order valence-electron chi connectivity index (χ3n) is 4.94. The number of imidazole rings is 1. The van der Waals surface area contributed by atoms with Crippen molar-refractivity contribution >= 4 is 22.9 Å². The number of carbonyl (C=O) groups excluding carboxylic acids is 1. The number of benzene rings is 2. The Morgan fingerprint density at radius 3 is 2.45 bits per heavy atom. The first-order valence-electron chi connectivity index (χ1n) is 9.54. The highest BCUT2D eigenvalue weighted by atomic mass is 16.3. The standard InChI is InChI=1S/C23H26N4O2/c1-15-11-18-19(12-16(15)14-24)27(22(2,3)4)21(25-18)26-20(28)13-23(5,29)17-9-7-6-8-10-17/h6-12,29H,13H2,1-5H3,(H,25,26,28)/t23-/m1/s1. The van der Waals surface area contributed by atoms with Gasteiger partial charge in [0.2, 0.25) is 11.9 Å². The van der Waals surface area contributed by atoms with Crippen LogP contribution in [0.1, 0.15) is 50.8 Å². The lowest BCUT2D eigenvalue weighted by atomic mass is 9.92. The summed E-state index contributed by atoms with van der Waals surface area (Å²) in [5.74, 6) is 0.0627. The van der Waals surface area contributed by atoms with Crippen LogP contribution in [0.4, 0.5) is 5.95 Å². The van der Waals surface area contributed by atoms with E-state index in [0.717, 1.165) is 11.1 Å². The van der Waals surface area contributed by atoms with Crippen LogP contribution in [0, 0.1) is 18.3 Å². The highest BCUT2D eigenvalue weighted by Gasteiger charge is 2.29. The van der Waals surface area contributed by atoms with Crippen LogP contribution in [0.5, 0.6) is 0 Å². The van der Waals surface area contributed by atoms with E-state index in [1.807, 2.05) is 56.5 Å². The molecule has 29 heavy (non-hydrogen) atoms. The fourth-order valence-corrected chi connectivity index (χ4v) is 3.49. The van der Waals surface area contributed by atoms with E-state index in [-0.39, 0.29) is 17.9 Å². The number of fused-ring (bicyclic) bond motifs is 1. The third-order valence-corrected chi connectivity index (χ3v) is 4.94. The summed E-state index contributed by atoms with van der Waals surface area (Å²) in [5.41, 5.74) is 1.91. The summed E-state index contributed by atoms with van der Waals surface area (Å²) in [6, 6.07) is 15.0. The van der Waals surface area contributed by atoms with Crippen molar-refractivity contribution in [2.24, 2.45) is 0 Å². The number of rotatable bonds is 4. The molecule has 0 saturated carbocycles. The van der Waals surface area contributed by atoms with Crippen molar-refractivity contribution in [3.05, 3.63) is 59.2 Å². The Labute approximate surface area is 170 Å². The molecule has 6 heteroatoms. The van der Waals surface area contributed by atoms with Crippen molar-refractivity contribution < 1.29 is 9.90 Å². The number of aromatic nitrogens is 2. The molecule has 0 aliphatic rings. The lowest BCUT2D eigenvalue weighted by molar-refractivity contribution is -0.120. The molecule has 3 aromatic rings. The van der Waals surface area contributed by atoms with E-state index in [1.54, 1.807) is 25.1 Å². The normalized spacial score (nSPS) is 13.7. The zero-order valence-electron chi connectivity index (χ0n) is 17.4. The van der Waals surface area contributed by atoms with E-state index in [2.05, 4.69) is 16.4 Å². The molecule has 2 aromatic carbocycles. The van der Waals surface area contributed by atoms with Crippen molar-refractivity contribution in [3.63, 3.8) is 0 Å². The number of nitrogens with one attached hydrogen (secondary N) is 1. The lowest BCUT2D eigenvalue weighted by Gasteiger charge is -2.26. The molecule has 3 rings (SSSR count). The van der Waals surface area contributed by atoms with Crippen LogP contribution < -0.4 is 5.32 Å². The van der Waals surface area contributed by atoms with Crippen LogP contribution >= 0.6 is 0 Å². The maximum atomic E-state index is 12.8. The first kappa shape index (κ1) is 20.6. The van der Waals surface area contributed by atoms with Crippen LogP contribution in [0.2, 0.25) is 0 Å². The van der Waals surface area contributed by atoms with Crippen LogP contribution in [0.15, 0.2) is 42.5 Å². The SMILES string of the molecule is Cc1cc2nc(NC(=O)C[C@@](C)(O)c3ccccc3)n(C(C)(C)C)c2cc1C#N. The van der Waals surface area contributed by atoms with Gasteiger partial charge < -0.3 is 9.67 Å². The fourth-order valence-electron chi connectivity index (χ4n) is 3.49. The summed E-state index contributed by atoms with van der Waals surface area (Å²) in [7, 11) is 0. The zero-order chi connectivity index (χ0) is 21.4. The average Bonchev–Trinajstić information content (AvgIpc) is 2.97. The number of carbonyl (C=O) groups is 1. The van der Waals surface area contributed by atoms with Gasteiger partial charge in [-0.15, -0.1) is 0 Å². The van der Waals surface area contributed by atoms with E-state index in [1.165, 1.54) is 0 Å². The summed E-state index contributed by atoms with van der Waals surface area (Å²) in [6.07, 6.45) is -0.104. The second kappa shape index (κ2) is 7.34. The van der Waals surface area contributed by atoms with E-state index in [0.29, 0.717) is 22.6 Å². The van der Waals surface area contributed by atoms with Crippen LogP contribution in [0.25, 0.3) is 11.0 Å². The number of aryl methyl sites for hydroxylation is 1. The summed E-state index contributed by atoms with van der Waals surface area (Å²) in [6.45, 7) is 9.52. The van der Waals surface area contributed by atoms with Gasteiger partial charge >= 0.3 is 0 Å². The molecule has 0 aliphatic carbocycles. The molecular weight excluding hydrogens is 364 g/mol. The zero-order valence-corrected chi connectivity index (χ0v) is 17.4. The molecule has 1 heterocycles. The predicted octanol–water partition coefficient (Wildman–Crippen LogP) is 4.21. The Morgan fingerprint density at radius 1 is 1.21 bits per heavy atom. The second-order valence-electron chi connectivity index (χ2n) is 8.57. The fraction of sp³-hybridized carbons (Fsp3) is 0.348. The topological polar surface area (TPSA) is 90.9 Å². The van der Waals surface area contributed by atoms with Gasteiger partial charge in [-0.05, 0) is 57.9 Å². The Hall–Kier alpha value is -3.17. The minimum Gasteiger partial charge on any atom is -0.385 e. The van der Waals surface area contributed by atoms with Crippen LogP contribution in [0.3, 0.4) is 0 Å². The molecule has 6 nitrogen and oxygen atoms in total. The van der Waals surface area contributed by atoms with E-state index in [9.17, 15) is 15.2 Å². The predicted molar refractivity (Wildman–Crippen MR) is 113 cm³/mol. The molecule has 0 aliphatic heterocycles. The number of aliphatic hydroxyl groups is 1. The highest BCUT2D eigenvalue weighted by Crippen LogP contribution is 2.31. The van der Waals surface area contributed by atoms with Gasteiger partial charge in [0.15, 0.2) is 0 Å². The quantitative estimate of drug-likeness (QED) is 0.698. The van der Waals surface area contributed by atoms with Crippen molar-refractivity contribution in [1.82, 2.24) is 9.55 Å². The maximum absolute atomic E-state index is 12.8. The molecule has 1 aromatic heterocycles. The number of anilines is 1. The molecule has 1 atom stereocenters. The Kier molecular flexibility index (Phi) is 5.20. The number of hydrogen-bond acceptors (Lipinski definition) is 4. The first-order chi connectivity index (χ1) is 13.5. The van der Waals surface area contributed by atoms with E-state index < -0.39 is 5.60 Å². The molecule has 0 fully saturated rings. The van der Waals surface area contributed by atoms with Crippen LogP contribution in [-0.2, 0) is 15.9 Å². The molecular formula is C23H26N4O2. The first-order valence-corrected chi connectivity index (χ1v) is 9.54.